The molecule has 0 spiro atoms. The van der Waals surface area contributed by atoms with Crippen molar-refractivity contribution in [2.75, 3.05) is 7.05 Å². The molecule has 0 fully saturated rings. The molecule has 0 saturated carbocycles. The summed E-state index contributed by atoms with van der Waals surface area (Å²) in [7, 11) is 1.64. The monoisotopic (exact) mass is 213 g/mol. The first-order valence-electron chi connectivity index (χ1n) is 4.17. The topological polar surface area (TPSA) is 51.3 Å². The Labute approximate surface area is 87.7 Å². The Morgan fingerprint density at radius 1 is 1.43 bits per heavy atom. The number of hydrogen-bond donors (Lipinski definition) is 0. The van der Waals surface area contributed by atoms with Crippen molar-refractivity contribution in [1.29, 1.82) is 0 Å². The van der Waals surface area contributed by atoms with Crippen LogP contribution in [-0.4, -0.2) is 22.9 Å². The molecule has 0 bridgehead atoms. The predicted molar refractivity (Wildman–Crippen MR) is 55.7 cm³/mol. The minimum atomic E-state index is 0.358. The van der Waals surface area contributed by atoms with E-state index in [4.69, 9.17) is 16.1 Å². The molecule has 0 saturated heterocycles. The van der Waals surface area contributed by atoms with Gasteiger partial charge in [0.25, 0.3) is 5.89 Å². The standard InChI is InChI=1S/C9H12ClN3O/c1-5(2)7(10)8(11-4)9-12-6(3)13-14-9/h1-4H3. The van der Waals surface area contributed by atoms with Gasteiger partial charge in [0, 0.05) is 7.05 Å². The lowest BCUT2D eigenvalue weighted by Crippen LogP contribution is -2.03. The van der Waals surface area contributed by atoms with E-state index in [-0.39, 0.29) is 0 Å². The highest BCUT2D eigenvalue weighted by Crippen LogP contribution is 2.15. The van der Waals surface area contributed by atoms with Gasteiger partial charge in [-0.3, -0.25) is 4.99 Å². The molecule has 0 amide bonds. The van der Waals surface area contributed by atoms with E-state index >= 15 is 0 Å². The van der Waals surface area contributed by atoms with Crippen molar-refractivity contribution in [1.82, 2.24) is 10.1 Å². The van der Waals surface area contributed by atoms with Crippen molar-refractivity contribution in [2.24, 2.45) is 4.99 Å². The second-order valence-corrected chi connectivity index (χ2v) is 3.41. The highest BCUT2D eigenvalue weighted by molar-refractivity contribution is 6.46. The van der Waals surface area contributed by atoms with E-state index in [9.17, 15) is 0 Å². The van der Waals surface area contributed by atoms with E-state index in [2.05, 4.69) is 15.1 Å². The molecule has 0 atom stereocenters. The van der Waals surface area contributed by atoms with E-state index in [0.29, 0.717) is 22.5 Å². The molecule has 0 aliphatic carbocycles. The Balaban J connectivity index is 3.13. The zero-order valence-corrected chi connectivity index (χ0v) is 9.38. The molecule has 4 nitrogen and oxygen atoms in total. The van der Waals surface area contributed by atoms with Crippen LogP contribution >= 0.6 is 11.6 Å². The summed E-state index contributed by atoms with van der Waals surface area (Å²) in [4.78, 5) is 8.08. The maximum Gasteiger partial charge on any atom is 0.277 e. The quantitative estimate of drug-likeness (QED) is 0.709. The first-order valence-corrected chi connectivity index (χ1v) is 4.55. The molecule has 14 heavy (non-hydrogen) atoms. The van der Waals surface area contributed by atoms with Gasteiger partial charge in [-0.1, -0.05) is 22.3 Å². The molecule has 76 valence electrons. The summed E-state index contributed by atoms with van der Waals surface area (Å²) in [5, 5.41) is 4.23. The minimum absolute atomic E-state index is 0.358. The lowest BCUT2D eigenvalue weighted by molar-refractivity contribution is 0.406. The van der Waals surface area contributed by atoms with E-state index in [1.807, 2.05) is 13.8 Å². The molecule has 1 aromatic rings. The van der Waals surface area contributed by atoms with Crippen LogP contribution in [0.2, 0.25) is 0 Å². The first-order chi connectivity index (χ1) is 6.56. The fourth-order valence-corrected chi connectivity index (χ4v) is 1.08. The molecule has 1 heterocycles. The van der Waals surface area contributed by atoms with Crippen LogP contribution in [0.4, 0.5) is 0 Å². The summed E-state index contributed by atoms with van der Waals surface area (Å²) in [6.07, 6.45) is 0. The summed E-state index contributed by atoms with van der Waals surface area (Å²) in [5.74, 6) is 0.926. The third-order valence-corrected chi connectivity index (χ3v) is 2.16. The Morgan fingerprint density at radius 2 is 2.07 bits per heavy atom. The van der Waals surface area contributed by atoms with Gasteiger partial charge in [-0.2, -0.15) is 4.98 Å². The van der Waals surface area contributed by atoms with Gasteiger partial charge in [-0.05, 0) is 20.8 Å². The summed E-state index contributed by atoms with van der Waals surface area (Å²) >= 11 is 6.05. The Bertz CT molecular complexity index is 389. The molecule has 0 aromatic carbocycles. The zero-order valence-electron chi connectivity index (χ0n) is 8.63. The van der Waals surface area contributed by atoms with Crippen molar-refractivity contribution in [3.8, 4) is 0 Å². The van der Waals surface area contributed by atoms with Crippen molar-refractivity contribution >= 4 is 17.3 Å². The second kappa shape index (κ2) is 4.37. The molecular weight excluding hydrogens is 202 g/mol. The third kappa shape index (κ3) is 2.20. The number of aryl methyl sites for hydroxylation is 1. The predicted octanol–water partition coefficient (Wildman–Crippen LogP) is 2.33. The highest BCUT2D eigenvalue weighted by Gasteiger charge is 2.15. The Hall–Kier alpha value is -1.16. The van der Waals surface area contributed by atoms with Gasteiger partial charge in [0.05, 0.1) is 5.03 Å². The van der Waals surface area contributed by atoms with E-state index < -0.39 is 0 Å². The van der Waals surface area contributed by atoms with Crippen molar-refractivity contribution < 1.29 is 4.52 Å². The minimum Gasteiger partial charge on any atom is -0.332 e. The van der Waals surface area contributed by atoms with Crippen LogP contribution in [0.25, 0.3) is 0 Å². The number of halogens is 1. The Kier molecular flexibility index (Phi) is 3.41. The van der Waals surface area contributed by atoms with Crippen LogP contribution < -0.4 is 0 Å². The van der Waals surface area contributed by atoms with E-state index in [1.165, 1.54) is 0 Å². The number of allylic oxidation sites excluding steroid dienone is 2. The van der Waals surface area contributed by atoms with Crippen LogP contribution in [0.3, 0.4) is 0 Å². The number of rotatable bonds is 2. The Morgan fingerprint density at radius 3 is 2.43 bits per heavy atom. The molecule has 0 unspecified atom stereocenters. The van der Waals surface area contributed by atoms with Gasteiger partial charge in [0.15, 0.2) is 5.82 Å². The number of aliphatic imine (C=N–C) groups is 1. The maximum atomic E-state index is 6.05. The summed E-state index contributed by atoms with van der Waals surface area (Å²) in [6, 6.07) is 0. The van der Waals surface area contributed by atoms with Crippen LogP contribution in [-0.2, 0) is 0 Å². The number of aromatic nitrogens is 2. The van der Waals surface area contributed by atoms with Gasteiger partial charge in [0.1, 0.15) is 5.71 Å². The molecule has 5 heteroatoms. The summed E-state index contributed by atoms with van der Waals surface area (Å²) in [5.41, 5.74) is 1.50. The zero-order chi connectivity index (χ0) is 10.7. The number of hydrogen-bond acceptors (Lipinski definition) is 4. The molecule has 1 aromatic heterocycles. The summed E-state index contributed by atoms with van der Waals surface area (Å²) < 4.78 is 4.98. The maximum absolute atomic E-state index is 6.05. The van der Waals surface area contributed by atoms with Crippen LogP contribution in [0, 0.1) is 6.92 Å². The van der Waals surface area contributed by atoms with Gasteiger partial charge in [-0.15, -0.1) is 0 Å². The number of nitrogens with zero attached hydrogens (tertiary/aromatic N) is 3. The fourth-order valence-electron chi connectivity index (χ4n) is 0.918. The van der Waals surface area contributed by atoms with Crippen molar-refractivity contribution in [2.45, 2.75) is 20.8 Å². The van der Waals surface area contributed by atoms with Gasteiger partial charge >= 0.3 is 0 Å². The largest absolute Gasteiger partial charge is 0.332 e. The average Bonchev–Trinajstić information content (AvgIpc) is 2.53. The fraction of sp³-hybridized carbons (Fsp3) is 0.444. The highest BCUT2D eigenvalue weighted by atomic mass is 35.5. The third-order valence-electron chi connectivity index (χ3n) is 1.60. The average molecular weight is 214 g/mol. The molecule has 0 aliphatic rings. The molecule has 0 radical (unpaired) electrons. The summed E-state index contributed by atoms with van der Waals surface area (Å²) in [6.45, 7) is 5.55. The van der Waals surface area contributed by atoms with Crippen LogP contribution in [0.1, 0.15) is 25.6 Å². The molecule has 1 rings (SSSR count). The van der Waals surface area contributed by atoms with E-state index in [0.717, 1.165) is 5.57 Å². The van der Waals surface area contributed by atoms with Gasteiger partial charge in [0.2, 0.25) is 0 Å². The lowest BCUT2D eigenvalue weighted by atomic mass is 10.2. The van der Waals surface area contributed by atoms with Gasteiger partial charge < -0.3 is 4.52 Å². The van der Waals surface area contributed by atoms with Crippen LogP contribution in [0.5, 0.6) is 0 Å². The molecule has 0 aliphatic heterocycles. The normalized spacial score (nSPS) is 11.6. The smallest absolute Gasteiger partial charge is 0.277 e. The molecule has 0 N–H and O–H groups in total. The van der Waals surface area contributed by atoms with E-state index in [1.54, 1.807) is 14.0 Å². The van der Waals surface area contributed by atoms with Crippen molar-refractivity contribution in [3.05, 3.63) is 22.3 Å². The lowest BCUT2D eigenvalue weighted by Gasteiger charge is -2.00. The first kappa shape index (κ1) is 10.9. The SMILES string of the molecule is CN=C(C(Cl)=C(C)C)c1nc(C)no1. The molecular formula is C9H12ClN3O. The van der Waals surface area contributed by atoms with Crippen molar-refractivity contribution in [3.63, 3.8) is 0 Å². The van der Waals surface area contributed by atoms with Gasteiger partial charge in [-0.25, -0.2) is 0 Å². The van der Waals surface area contributed by atoms with Crippen LogP contribution in [0.15, 0.2) is 20.1 Å². The second-order valence-electron chi connectivity index (χ2n) is 3.03.